The van der Waals surface area contributed by atoms with Crippen molar-refractivity contribution in [2.24, 2.45) is 5.41 Å². The molecule has 0 atom stereocenters. The Hall–Kier alpha value is -1.06. The summed E-state index contributed by atoms with van der Waals surface area (Å²) in [5.41, 5.74) is -0.292. The van der Waals surface area contributed by atoms with E-state index in [2.05, 4.69) is 5.32 Å². The van der Waals surface area contributed by atoms with E-state index in [0.29, 0.717) is 0 Å². The highest BCUT2D eigenvalue weighted by molar-refractivity contribution is 6.39. The summed E-state index contributed by atoms with van der Waals surface area (Å²) in [6.45, 7) is 5.35. The minimum Gasteiger partial charge on any atom is -0.345 e. The molecule has 0 radical (unpaired) electrons. The monoisotopic (exact) mass is 287 g/mol. The summed E-state index contributed by atoms with van der Waals surface area (Å²) in [7, 11) is 0. The molecular weight excluding hydrogens is 273 g/mol. The highest BCUT2D eigenvalue weighted by atomic mass is 35.5. The van der Waals surface area contributed by atoms with Gasteiger partial charge in [0.2, 0.25) is 0 Å². The molecule has 0 aliphatic rings. The lowest BCUT2D eigenvalue weighted by Gasteiger charge is -2.17. The molecule has 0 saturated heterocycles. The maximum absolute atomic E-state index is 11.9. The third-order valence-corrected chi connectivity index (χ3v) is 3.07. The van der Waals surface area contributed by atoms with E-state index < -0.39 is 11.3 Å². The van der Waals surface area contributed by atoms with Crippen molar-refractivity contribution in [3.63, 3.8) is 0 Å². The van der Waals surface area contributed by atoms with E-state index in [4.69, 9.17) is 23.2 Å². The van der Waals surface area contributed by atoms with Gasteiger partial charge in [0.25, 0.3) is 5.91 Å². The van der Waals surface area contributed by atoms with Gasteiger partial charge in [-0.25, -0.2) is 0 Å². The van der Waals surface area contributed by atoms with Crippen molar-refractivity contribution in [1.29, 1.82) is 0 Å². The molecular formula is C13H15Cl2NO2. The molecule has 1 amide bonds. The van der Waals surface area contributed by atoms with Crippen molar-refractivity contribution in [3.8, 4) is 0 Å². The number of hydrogen-bond acceptors (Lipinski definition) is 2. The Balaban J connectivity index is 2.76. The molecule has 1 N–H and O–H groups in total. The van der Waals surface area contributed by atoms with Crippen LogP contribution in [0.1, 0.15) is 31.1 Å². The molecule has 3 nitrogen and oxygen atoms in total. The second-order valence-corrected chi connectivity index (χ2v) is 5.77. The van der Waals surface area contributed by atoms with E-state index in [1.165, 1.54) is 0 Å². The van der Waals surface area contributed by atoms with Crippen molar-refractivity contribution in [2.75, 3.05) is 6.54 Å². The Morgan fingerprint density at radius 2 is 1.67 bits per heavy atom. The van der Waals surface area contributed by atoms with Crippen LogP contribution >= 0.6 is 23.2 Å². The zero-order chi connectivity index (χ0) is 13.9. The number of carbonyl (C=O) groups excluding carboxylic acids is 2. The predicted octanol–water partition coefficient (Wildman–Crippen LogP) is 3.34. The predicted molar refractivity (Wildman–Crippen MR) is 73.3 cm³/mol. The van der Waals surface area contributed by atoms with Crippen molar-refractivity contribution >= 4 is 34.9 Å². The minimum absolute atomic E-state index is 0.0378. The second-order valence-electron chi connectivity index (χ2n) is 4.95. The van der Waals surface area contributed by atoms with E-state index in [1.807, 2.05) is 0 Å². The molecule has 0 aliphatic carbocycles. The van der Waals surface area contributed by atoms with Gasteiger partial charge < -0.3 is 5.32 Å². The Labute approximate surface area is 116 Å². The molecule has 0 heterocycles. The number of Topliss-reactive ketones (excluding diaryl/α,β-unsaturated/α-hetero) is 1. The Kier molecular flexibility index (Phi) is 4.77. The van der Waals surface area contributed by atoms with Gasteiger partial charge in [-0.1, -0.05) is 50.0 Å². The fourth-order valence-corrected chi connectivity index (χ4v) is 1.80. The molecule has 0 aromatic heterocycles. The maximum atomic E-state index is 11.9. The second kappa shape index (κ2) is 5.72. The summed E-state index contributed by atoms with van der Waals surface area (Å²) in [5, 5.41) is 3.06. The van der Waals surface area contributed by atoms with Crippen molar-refractivity contribution in [2.45, 2.75) is 20.8 Å². The van der Waals surface area contributed by atoms with Gasteiger partial charge in [-0.15, -0.1) is 0 Å². The van der Waals surface area contributed by atoms with Crippen LogP contribution in [0, 0.1) is 5.41 Å². The Morgan fingerprint density at radius 1 is 1.17 bits per heavy atom. The standard InChI is InChI=1S/C13H15Cl2NO2/c1-13(2,3)10(17)7-16-12(18)11-8(14)5-4-6-9(11)15/h4-6H,7H2,1-3H3,(H,16,18). The quantitative estimate of drug-likeness (QED) is 0.927. The molecule has 0 bridgehead atoms. The topological polar surface area (TPSA) is 46.2 Å². The van der Waals surface area contributed by atoms with Gasteiger partial charge in [0.1, 0.15) is 0 Å². The smallest absolute Gasteiger partial charge is 0.254 e. The average molecular weight is 288 g/mol. The number of amides is 1. The maximum Gasteiger partial charge on any atom is 0.254 e. The number of benzene rings is 1. The fraction of sp³-hybridized carbons (Fsp3) is 0.385. The number of nitrogens with one attached hydrogen (secondary N) is 1. The van der Waals surface area contributed by atoms with Crippen LogP contribution in [0.5, 0.6) is 0 Å². The van der Waals surface area contributed by atoms with Gasteiger partial charge in [0.15, 0.2) is 5.78 Å². The fourth-order valence-electron chi connectivity index (χ4n) is 1.23. The first-order valence-corrected chi connectivity index (χ1v) is 6.24. The third kappa shape index (κ3) is 3.72. The van der Waals surface area contributed by atoms with Crippen LogP contribution in [0.4, 0.5) is 0 Å². The molecule has 0 fully saturated rings. The summed E-state index contributed by atoms with van der Waals surface area (Å²) < 4.78 is 0. The van der Waals surface area contributed by atoms with Gasteiger partial charge in [-0.05, 0) is 12.1 Å². The lowest BCUT2D eigenvalue weighted by atomic mass is 9.91. The molecule has 1 aromatic rings. The molecule has 1 rings (SSSR count). The van der Waals surface area contributed by atoms with Crippen LogP contribution < -0.4 is 5.32 Å². The van der Waals surface area contributed by atoms with Crippen LogP contribution in [0.2, 0.25) is 10.0 Å². The van der Waals surface area contributed by atoms with Crippen LogP contribution in [0.25, 0.3) is 0 Å². The van der Waals surface area contributed by atoms with E-state index >= 15 is 0 Å². The van der Waals surface area contributed by atoms with Crippen molar-refractivity contribution < 1.29 is 9.59 Å². The molecule has 98 valence electrons. The highest BCUT2D eigenvalue weighted by Gasteiger charge is 2.22. The Morgan fingerprint density at radius 3 is 2.11 bits per heavy atom. The van der Waals surface area contributed by atoms with Crippen molar-refractivity contribution in [1.82, 2.24) is 5.32 Å². The summed E-state index contributed by atoms with van der Waals surface area (Å²) in [6, 6.07) is 4.81. The molecule has 0 spiro atoms. The van der Waals surface area contributed by atoms with E-state index in [-0.39, 0.29) is 27.9 Å². The normalized spacial score (nSPS) is 11.2. The first-order chi connectivity index (χ1) is 8.23. The first-order valence-electron chi connectivity index (χ1n) is 5.49. The number of carbonyl (C=O) groups is 2. The molecule has 5 heteroatoms. The summed E-state index contributed by atoms with van der Waals surface area (Å²) in [4.78, 5) is 23.6. The first kappa shape index (κ1) is 15.0. The SMILES string of the molecule is CC(C)(C)C(=O)CNC(=O)c1c(Cl)cccc1Cl. The largest absolute Gasteiger partial charge is 0.345 e. The molecule has 18 heavy (non-hydrogen) atoms. The highest BCUT2D eigenvalue weighted by Crippen LogP contribution is 2.24. The Bertz CT molecular complexity index is 458. The minimum atomic E-state index is -0.489. The molecule has 1 aromatic carbocycles. The summed E-state index contributed by atoms with van der Waals surface area (Å²) in [6.07, 6.45) is 0. The number of halogens is 2. The van der Waals surface area contributed by atoms with Gasteiger partial charge in [-0.3, -0.25) is 9.59 Å². The van der Waals surface area contributed by atoms with Gasteiger partial charge in [0, 0.05) is 5.41 Å². The zero-order valence-electron chi connectivity index (χ0n) is 10.5. The molecule has 0 saturated carbocycles. The zero-order valence-corrected chi connectivity index (χ0v) is 12.0. The van der Waals surface area contributed by atoms with Gasteiger partial charge in [-0.2, -0.15) is 0 Å². The molecule has 0 unspecified atom stereocenters. The van der Waals surface area contributed by atoms with E-state index in [9.17, 15) is 9.59 Å². The number of ketones is 1. The van der Waals surface area contributed by atoms with E-state index in [1.54, 1.807) is 39.0 Å². The number of hydrogen-bond donors (Lipinski definition) is 1. The van der Waals surface area contributed by atoms with Gasteiger partial charge in [0.05, 0.1) is 22.2 Å². The summed E-state index contributed by atoms with van der Waals surface area (Å²) in [5.74, 6) is -0.498. The lowest BCUT2D eigenvalue weighted by Crippen LogP contribution is -2.35. The van der Waals surface area contributed by atoms with Crippen molar-refractivity contribution in [3.05, 3.63) is 33.8 Å². The lowest BCUT2D eigenvalue weighted by molar-refractivity contribution is -0.125. The van der Waals surface area contributed by atoms with Crippen LogP contribution in [0.15, 0.2) is 18.2 Å². The van der Waals surface area contributed by atoms with Crippen LogP contribution in [-0.4, -0.2) is 18.2 Å². The van der Waals surface area contributed by atoms with E-state index in [0.717, 1.165) is 0 Å². The molecule has 0 aliphatic heterocycles. The van der Waals surface area contributed by atoms with Crippen LogP contribution in [0.3, 0.4) is 0 Å². The van der Waals surface area contributed by atoms with Crippen LogP contribution in [-0.2, 0) is 4.79 Å². The van der Waals surface area contributed by atoms with Gasteiger partial charge >= 0.3 is 0 Å². The third-order valence-electron chi connectivity index (χ3n) is 2.44. The number of rotatable bonds is 3. The average Bonchev–Trinajstić information content (AvgIpc) is 2.24. The summed E-state index contributed by atoms with van der Waals surface area (Å²) >= 11 is 11.8.